The third kappa shape index (κ3) is 12.9. The molecule has 0 bridgehead atoms. The molecule has 0 N–H and O–H groups in total. The van der Waals surface area contributed by atoms with Crippen molar-refractivity contribution in [3.05, 3.63) is 0 Å². The topological polar surface area (TPSA) is 0 Å². The third-order valence-corrected chi connectivity index (χ3v) is 7.91. The molecule has 0 spiro atoms. The molecule has 0 saturated heterocycles. The Morgan fingerprint density at radius 2 is 1.08 bits per heavy atom. The van der Waals surface area contributed by atoms with E-state index < -0.39 is 0 Å². The molecule has 0 radical (unpaired) electrons. The summed E-state index contributed by atoms with van der Waals surface area (Å²) in [5.74, 6) is 0. The van der Waals surface area contributed by atoms with Crippen LogP contribution in [0.4, 0.5) is 0 Å². The molecule has 0 saturated carbocycles. The van der Waals surface area contributed by atoms with Crippen molar-refractivity contribution >= 4 is 24.2 Å². The summed E-state index contributed by atoms with van der Waals surface area (Å²) in [5, 5.41) is 0. The maximum absolute atomic E-state index is 2.30. The molecular formula is C12H26Pb+2. The Morgan fingerprint density at radius 3 is 1.46 bits per heavy atom. The fraction of sp³-hybridized carbons (Fsp3) is 1.00. The molecule has 0 atom stereocenters. The van der Waals surface area contributed by atoms with Gasteiger partial charge in [-0.25, -0.2) is 0 Å². The van der Waals surface area contributed by atoms with Gasteiger partial charge in [0.15, 0.2) is 0 Å². The van der Waals surface area contributed by atoms with Gasteiger partial charge in [-0.2, -0.15) is 0 Å². The zero-order valence-electron chi connectivity index (χ0n) is 9.57. The Kier molecular flexibility index (Phi) is 13.8. The number of unbranched alkanes of at least 4 members (excludes halogenated alkanes) is 6. The fourth-order valence-corrected chi connectivity index (χ4v) is 6.34. The fourth-order valence-electron chi connectivity index (χ4n) is 1.48. The van der Waals surface area contributed by atoms with Gasteiger partial charge >= 0.3 is 97.4 Å². The zero-order chi connectivity index (χ0) is 9.78. The van der Waals surface area contributed by atoms with E-state index in [4.69, 9.17) is 0 Å². The van der Waals surface area contributed by atoms with Crippen LogP contribution in [0.3, 0.4) is 0 Å². The zero-order valence-corrected chi connectivity index (χ0v) is 13.5. The molecule has 13 heavy (non-hydrogen) atoms. The molecule has 76 valence electrons. The van der Waals surface area contributed by atoms with Gasteiger partial charge in [-0.15, -0.1) is 0 Å². The van der Waals surface area contributed by atoms with Crippen LogP contribution in [-0.2, 0) is 0 Å². The summed E-state index contributed by atoms with van der Waals surface area (Å²) in [6, 6.07) is 0. The Hall–Kier alpha value is 0.922. The van der Waals surface area contributed by atoms with Gasteiger partial charge in [0, 0.05) is 0 Å². The summed E-state index contributed by atoms with van der Waals surface area (Å²) in [4.78, 5) is 0. The van der Waals surface area contributed by atoms with Crippen LogP contribution in [0, 0.1) is 0 Å². The van der Waals surface area contributed by atoms with Gasteiger partial charge in [-0.1, -0.05) is 0 Å². The van der Waals surface area contributed by atoms with Crippen LogP contribution in [0.1, 0.15) is 65.2 Å². The van der Waals surface area contributed by atoms with Gasteiger partial charge in [0.05, 0.1) is 0 Å². The number of hydrogen-bond acceptors (Lipinski definition) is 0. The van der Waals surface area contributed by atoms with Gasteiger partial charge in [-0.05, 0) is 0 Å². The van der Waals surface area contributed by atoms with Crippen molar-refractivity contribution in [1.82, 2.24) is 0 Å². The molecule has 0 rings (SSSR count). The minimum absolute atomic E-state index is 0.0943. The maximum atomic E-state index is 2.30. The first kappa shape index (κ1) is 13.9. The summed E-state index contributed by atoms with van der Waals surface area (Å²) in [6.45, 7) is 4.60. The van der Waals surface area contributed by atoms with E-state index in [9.17, 15) is 0 Å². The van der Waals surface area contributed by atoms with E-state index in [1.807, 2.05) is 0 Å². The minimum atomic E-state index is -0.0943. The molecule has 0 aliphatic rings. The number of hydrogen-bond donors (Lipinski definition) is 0. The van der Waals surface area contributed by atoms with Crippen molar-refractivity contribution < 1.29 is 0 Å². The molecule has 0 amide bonds. The summed E-state index contributed by atoms with van der Waals surface area (Å²) < 4.78 is 3.35. The van der Waals surface area contributed by atoms with E-state index in [0.717, 1.165) is 0 Å². The quantitative estimate of drug-likeness (QED) is 0.383. The van der Waals surface area contributed by atoms with Crippen LogP contribution in [0.2, 0.25) is 7.96 Å². The van der Waals surface area contributed by atoms with Crippen LogP contribution in [-0.4, -0.2) is 24.2 Å². The molecule has 0 aromatic carbocycles. The summed E-state index contributed by atoms with van der Waals surface area (Å²) in [7, 11) is 0. The van der Waals surface area contributed by atoms with E-state index in [1.165, 1.54) is 38.5 Å². The Labute approximate surface area is 97.1 Å². The van der Waals surface area contributed by atoms with Crippen molar-refractivity contribution in [3.8, 4) is 0 Å². The second kappa shape index (κ2) is 12.9. The SMILES string of the molecule is CCCCC[CH2][Pb+2][CH2]CCCCC. The van der Waals surface area contributed by atoms with E-state index in [-0.39, 0.29) is 24.2 Å². The van der Waals surface area contributed by atoms with Gasteiger partial charge < -0.3 is 0 Å². The first-order valence-corrected chi connectivity index (χ1v) is 11.6. The normalized spacial score (nSPS) is 10.0. The Bertz CT molecular complexity index is 71.2. The molecule has 0 nitrogen and oxygen atoms in total. The molecule has 0 unspecified atom stereocenters. The van der Waals surface area contributed by atoms with E-state index in [1.54, 1.807) is 20.8 Å². The van der Waals surface area contributed by atoms with Gasteiger partial charge in [-0.3, -0.25) is 0 Å². The van der Waals surface area contributed by atoms with Crippen molar-refractivity contribution in [2.45, 2.75) is 73.2 Å². The summed E-state index contributed by atoms with van der Waals surface area (Å²) in [5.41, 5.74) is 0. The molecule has 0 aromatic heterocycles. The standard InChI is InChI=1S/2C6H13.Pb/c2*1-3-5-6-4-2;/h2*1,3-6H2,2H3;/q;;+2. The first-order valence-electron chi connectivity index (χ1n) is 6.12. The summed E-state index contributed by atoms with van der Waals surface area (Å²) in [6.07, 6.45) is 11.9. The molecule has 1 heteroatoms. The van der Waals surface area contributed by atoms with Crippen molar-refractivity contribution in [2.24, 2.45) is 0 Å². The van der Waals surface area contributed by atoms with Crippen molar-refractivity contribution in [2.75, 3.05) is 0 Å². The van der Waals surface area contributed by atoms with Gasteiger partial charge in [0.1, 0.15) is 0 Å². The third-order valence-electron chi connectivity index (χ3n) is 2.41. The first-order chi connectivity index (χ1) is 6.41. The average Bonchev–Trinajstić information content (AvgIpc) is 2.16. The molecule has 0 fully saturated rings. The van der Waals surface area contributed by atoms with Gasteiger partial charge in [0.2, 0.25) is 0 Å². The summed E-state index contributed by atoms with van der Waals surface area (Å²) >= 11 is -0.0943. The van der Waals surface area contributed by atoms with E-state index in [2.05, 4.69) is 13.8 Å². The Morgan fingerprint density at radius 1 is 0.615 bits per heavy atom. The average molecular weight is 378 g/mol. The van der Waals surface area contributed by atoms with Gasteiger partial charge in [0.25, 0.3) is 0 Å². The molecule has 0 aromatic rings. The second-order valence-electron chi connectivity index (χ2n) is 3.87. The predicted molar refractivity (Wildman–Crippen MR) is 63.7 cm³/mol. The number of rotatable bonds is 10. The van der Waals surface area contributed by atoms with Crippen LogP contribution in [0.15, 0.2) is 0 Å². The predicted octanol–water partition coefficient (Wildman–Crippen LogP) is 4.69. The monoisotopic (exact) mass is 378 g/mol. The van der Waals surface area contributed by atoms with E-state index >= 15 is 0 Å². The van der Waals surface area contributed by atoms with Crippen LogP contribution in [0.5, 0.6) is 0 Å². The molecule has 0 aliphatic heterocycles. The second-order valence-corrected chi connectivity index (χ2v) is 9.70. The van der Waals surface area contributed by atoms with Crippen LogP contribution < -0.4 is 0 Å². The van der Waals surface area contributed by atoms with Crippen molar-refractivity contribution in [1.29, 1.82) is 0 Å². The van der Waals surface area contributed by atoms with Crippen molar-refractivity contribution in [3.63, 3.8) is 0 Å². The molecule has 0 aliphatic carbocycles. The van der Waals surface area contributed by atoms with Crippen LogP contribution >= 0.6 is 0 Å². The molecular weight excluding hydrogens is 351 g/mol. The Balaban J connectivity index is 2.76. The molecule has 0 heterocycles. The van der Waals surface area contributed by atoms with E-state index in [0.29, 0.717) is 0 Å². The van der Waals surface area contributed by atoms with Crippen LogP contribution in [0.25, 0.3) is 0 Å².